The Morgan fingerprint density at radius 2 is 1.64 bits per heavy atom. The van der Waals surface area contributed by atoms with Crippen LogP contribution in [0, 0.1) is 11.6 Å². The molecule has 39 heavy (non-hydrogen) atoms. The summed E-state index contributed by atoms with van der Waals surface area (Å²) in [6.45, 7) is -0.555. The maximum absolute atomic E-state index is 14.7. The zero-order valence-corrected chi connectivity index (χ0v) is 19.5. The second-order valence-corrected chi connectivity index (χ2v) is 8.86. The first-order chi connectivity index (χ1) is 17.9. The maximum Gasteiger partial charge on any atom is 0.420 e. The molecule has 210 valence electrons. The van der Waals surface area contributed by atoms with Crippen molar-refractivity contribution in [3.63, 3.8) is 0 Å². The van der Waals surface area contributed by atoms with E-state index in [9.17, 15) is 54.9 Å². The summed E-state index contributed by atoms with van der Waals surface area (Å²) >= 11 is 0. The lowest BCUT2D eigenvalue weighted by molar-refractivity contribution is -0.297. The molecule has 1 amide bonds. The summed E-state index contributed by atoms with van der Waals surface area (Å²) in [6, 6.07) is 2.54. The first-order valence-corrected chi connectivity index (χ1v) is 10.9. The number of anilines is 1. The predicted octanol–water partition coefficient (Wildman–Crippen LogP) is 2.21. The lowest BCUT2D eigenvalue weighted by atomic mass is 10.00. The Hall–Kier alpha value is -3.86. The first kappa shape index (κ1) is 28.2. The van der Waals surface area contributed by atoms with Crippen LogP contribution in [-0.4, -0.2) is 73.8 Å². The number of fused-ring (bicyclic) bond motifs is 1. The highest BCUT2D eigenvalue weighted by Crippen LogP contribution is 2.42. The second-order valence-electron chi connectivity index (χ2n) is 8.86. The summed E-state index contributed by atoms with van der Waals surface area (Å²) in [7, 11) is 0. The molecule has 3 aromatic rings. The van der Waals surface area contributed by atoms with Gasteiger partial charge < -0.3 is 20.4 Å². The first-order valence-electron chi connectivity index (χ1n) is 10.9. The van der Waals surface area contributed by atoms with Gasteiger partial charge in [0.1, 0.15) is 17.2 Å². The van der Waals surface area contributed by atoms with Gasteiger partial charge in [-0.15, -0.1) is 0 Å². The van der Waals surface area contributed by atoms with Crippen molar-refractivity contribution in [1.82, 2.24) is 19.9 Å². The largest absolute Gasteiger partial charge is 0.420 e. The van der Waals surface area contributed by atoms with E-state index in [1.54, 1.807) is 0 Å². The molecule has 0 radical (unpaired) electrons. The summed E-state index contributed by atoms with van der Waals surface area (Å²) in [5.41, 5.74) is -7.83. The fraction of sp³-hybridized carbons (Fsp3) is 0.364. The fourth-order valence-corrected chi connectivity index (χ4v) is 3.83. The topological polar surface area (TPSA) is 121 Å². The number of pyridine rings is 3. The van der Waals surface area contributed by atoms with Crippen LogP contribution in [0.25, 0.3) is 16.9 Å². The van der Waals surface area contributed by atoms with Crippen molar-refractivity contribution < 1.29 is 50.1 Å². The van der Waals surface area contributed by atoms with E-state index in [-0.39, 0.29) is 25.8 Å². The van der Waals surface area contributed by atoms with Gasteiger partial charge >= 0.3 is 12.4 Å². The Morgan fingerprint density at radius 1 is 1.05 bits per heavy atom. The van der Waals surface area contributed by atoms with E-state index in [2.05, 4.69) is 9.97 Å². The average Bonchev–Trinajstić information content (AvgIpc) is 3.16. The Kier molecular flexibility index (Phi) is 6.79. The van der Waals surface area contributed by atoms with Crippen molar-refractivity contribution in [3.8, 4) is 5.82 Å². The van der Waals surface area contributed by atoms with E-state index < -0.39 is 75.5 Å². The van der Waals surface area contributed by atoms with Gasteiger partial charge in [-0.25, -0.2) is 18.7 Å². The molecule has 17 heteroatoms. The molecule has 1 aliphatic heterocycles. The van der Waals surface area contributed by atoms with Crippen molar-refractivity contribution in [1.29, 1.82) is 0 Å². The smallest absolute Gasteiger partial charge is 0.389 e. The van der Waals surface area contributed by atoms with E-state index in [1.807, 2.05) is 0 Å². The monoisotopic (exact) mass is 567 g/mol. The number of carbonyl (C=O) groups excluding carboxylic acids is 1. The van der Waals surface area contributed by atoms with Gasteiger partial charge in [-0.05, 0) is 19.1 Å². The minimum absolute atomic E-state index is 0.0210. The highest BCUT2D eigenvalue weighted by molar-refractivity contribution is 5.97. The third-order valence-corrected chi connectivity index (χ3v) is 6.18. The molecule has 4 heterocycles. The lowest BCUT2D eigenvalue weighted by Crippen LogP contribution is -2.65. The molecule has 1 saturated heterocycles. The SMILES string of the molecule is CC(NC(=O)c1cn(-c2ncc(F)cc2F)c2nc(N3C[C@@H](O)[C@H](O)C3)ccc2c1=O)(C(F)(F)F)C(F)(F)F. The zero-order valence-electron chi connectivity index (χ0n) is 19.5. The van der Waals surface area contributed by atoms with Gasteiger partial charge in [-0.3, -0.25) is 14.2 Å². The maximum atomic E-state index is 14.7. The number of halogens is 8. The molecule has 0 saturated carbocycles. The number of nitrogens with zero attached hydrogens (tertiary/aromatic N) is 4. The zero-order chi connectivity index (χ0) is 29.1. The van der Waals surface area contributed by atoms with Crippen LogP contribution in [0.4, 0.5) is 40.9 Å². The summed E-state index contributed by atoms with van der Waals surface area (Å²) < 4.78 is 109. The van der Waals surface area contributed by atoms with Crippen LogP contribution < -0.4 is 15.6 Å². The average molecular weight is 567 g/mol. The van der Waals surface area contributed by atoms with Gasteiger partial charge in [0, 0.05) is 25.4 Å². The summed E-state index contributed by atoms with van der Waals surface area (Å²) in [5.74, 6) is -5.38. The van der Waals surface area contributed by atoms with Crippen LogP contribution in [0.1, 0.15) is 17.3 Å². The number of rotatable bonds is 4. The van der Waals surface area contributed by atoms with E-state index in [0.717, 1.165) is 11.4 Å². The fourth-order valence-electron chi connectivity index (χ4n) is 3.83. The predicted molar refractivity (Wildman–Crippen MR) is 117 cm³/mol. The molecule has 0 unspecified atom stereocenters. The Bertz CT molecular complexity index is 1480. The van der Waals surface area contributed by atoms with Crippen molar-refractivity contribution in [2.24, 2.45) is 0 Å². The third kappa shape index (κ3) is 4.87. The molecule has 0 spiro atoms. The van der Waals surface area contributed by atoms with Gasteiger partial charge in [-0.1, -0.05) is 0 Å². The number of hydrogen-bond donors (Lipinski definition) is 3. The summed E-state index contributed by atoms with van der Waals surface area (Å²) in [4.78, 5) is 34.8. The van der Waals surface area contributed by atoms with Gasteiger partial charge in [0.2, 0.25) is 11.0 Å². The second kappa shape index (κ2) is 9.41. The van der Waals surface area contributed by atoms with Crippen LogP contribution in [0.3, 0.4) is 0 Å². The molecular weight excluding hydrogens is 550 g/mol. The number of nitrogens with one attached hydrogen (secondary N) is 1. The van der Waals surface area contributed by atoms with Crippen LogP contribution in [0.5, 0.6) is 0 Å². The van der Waals surface area contributed by atoms with E-state index >= 15 is 0 Å². The summed E-state index contributed by atoms with van der Waals surface area (Å²) in [5, 5.41) is 19.9. The molecule has 2 atom stereocenters. The van der Waals surface area contributed by atoms with E-state index in [4.69, 9.17) is 0 Å². The van der Waals surface area contributed by atoms with Crippen LogP contribution in [-0.2, 0) is 0 Å². The molecule has 1 fully saturated rings. The number of carbonyl (C=O) groups is 1. The van der Waals surface area contributed by atoms with Crippen LogP contribution in [0.2, 0.25) is 0 Å². The van der Waals surface area contributed by atoms with Crippen molar-refractivity contribution in [3.05, 3.63) is 58.0 Å². The lowest BCUT2D eigenvalue weighted by Gasteiger charge is -2.34. The van der Waals surface area contributed by atoms with Crippen molar-refractivity contribution >= 4 is 22.8 Å². The summed E-state index contributed by atoms with van der Waals surface area (Å²) in [6.07, 6.45) is -13.4. The van der Waals surface area contributed by atoms with E-state index in [1.165, 1.54) is 11.0 Å². The van der Waals surface area contributed by atoms with Gasteiger partial charge in [0.15, 0.2) is 17.3 Å². The Balaban J connectivity index is 1.93. The molecule has 0 bridgehead atoms. The Labute approximate surface area is 212 Å². The van der Waals surface area contributed by atoms with E-state index in [0.29, 0.717) is 23.0 Å². The number of aromatic nitrogens is 3. The van der Waals surface area contributed by atoms with Crippen molar-refractivity contribution in [2.45, 2.75) is 37.0 Å². The number of β-amino-alcohol motifs (C(OH)–C–C–N with tert-alkyl or cyclic N) is 2. The highest BCUT2D eigenvalue weighted by Gasteiger charge is 2.68. The normalized spacial score (nSPS) is 18.6. The molecular formula is C22H17F8N5O4. The number of aliphatic hydroxyl groups is 2. The number of hydrogen-bond acceptors (Lipinski definition) is 7. The molecule has 4 rings (SSSR count). The molecule has 9 nitrogen and oxygen atoms in total. The Morgan fingerprint density at radius 3 is 2.18 bits per heavy atom. The van der Waals surface area contributed by atoms with Gasteiger partial charge in [0.05, 0.1) is 23.8 Å². The van der Waals surface area contributed by atoms with Crippen molar-refractivity contribution in [2.75, 3.05) is 18.0 Å². The minimum atomic E-state index is -6.03. The molecule has 0 aromatic carbocycles. The minimum Gasteiger partial charge on any atom is -0.389 e. The molecule has 0 aliphatic carbocycles. The van der Waals surface area contributed by atoms with Gasteiger partial charge in [0.25, 0.3) is 5.91 Å². The third-order valence-electron chi connectivity index (χ3n) is 6.18. The quantitative estimate of drug-likeness (QED) is 0.414. The molecule has 3 aromatic heterocycles. The van der Waals surface area contributed by atoms with Crippen LogP contribution >= 0.6 is 0 Å². The number of amides is 1. The van der Waals surface area contributed by atoms with Crippen LogP contribution in [0.15, 0.2) is 35.4 Å². The standard InChI is InChI=1S/C22H17F8N5O4/c1-20(21(25,26)27,22(28,29)30)33-19(39)11-6-35(18-12(24)4-9(23)5-31-18)17-10(16(11)38)2-3-15(32-17)34-7-13(36)14(37)8-34/h2-6,13-14,36-37H,7-8H2,1H3,(H,33,39)/t13-,14-/m1/s1. The molecule has 1 aliphatic rings. The number of aliphatic hydroxyl groups excluding tert-OH is 2. The molecule has 3 N–H and O–H groups in total. The number of alkyl halides is 6. The highest BCUT2D eigenvalue weighted by atomic mass is 19.4. The van der Waals surface area contributed by atoms with Gasteiger partial charge in [-0.2, -0.15) is 26.3 Å².